The minimum absolute atomic E-state index is 0.142. The number of aliphatic hydroxyl groups excluding tert-OH is 1. The fourth-order valence-corrected chi connectivity index (χ4v) is 0.881. The van der Waals surface area contributed by atoms with Crippen molar-refractivity contribution in [1.82, 2.24) is 0 Å². The van der Waals surface area contributed by atoms with Gasteiger partial charge in [-0.3, -0.25) is 4.79 Å². The summed E-state index contributed by atoms with van der Waals surface area (Å²) in [5.74, 6) is -0.721. The summed E-state index contributed by atoms with van der Waals surface area (Å²) in [6.45, 7) is 1.62. The van der Waals surface area contributed by atoms with Gasteiger partial charge in [-0.15, -0.1) is 0 Å². The number of aliphatic carboxylic acids is 1. The number of carboxylic acids is 1. The zero-order valence-electron chi connectivity index (χ0n) is 6.24. The second-order valence-corrected chi connectivity index (χ2v) is 2.89. The number of hydrogen-bond donors (Lipinski definition) is 2. The van der Waals surface area contributed by atoms with E-state index in [0.717, 1.165) is 0 Å². The van der Waals surface area contributed by atoms with Crippen LogP contribution in [0.2, 0.25) is 0 Å². The normalized spacial score (nSPS) is 29.7. The lowest BCUT2D eigenvalue weighted by Gasteiger charge is -2.21. The Balaban J connectivity index is 2.82. The molecule has 0 heterocycles. The molecule has 0 aliphatic heterocycles. The van der Waals surface area contributed by atoms with E-state index in [-0.39, 0.29) is 5.76 Å². The Morgan fingerprint density at radius 3 is 2.73 bits per heavy atom. The molecule has 0 radical (unpaired) electrons. The number of carboxylic acid groups (broad SMARTS) is 1. The highest BCUT2D eigenvalue weighted by atomic mass is 16.4. The molecule has 0 bridgehead atoms. The summed E-state index contributed by atoms with van der Waals surface area (Å²) in [6.07, 6.45) is 4.78. The zero-order chi connectivity index (χ0) is 8.48. The van der Waals surface area contributed by atoms with Crippen LogP contribution in [-0.2, 0) is 4.79 Å². The van der Waals surface area contributed by atoms with E-state index in [4.69, 9.17) is 10.2 Å². The molecule has 1 atom stereocenters. The number of allylic oxidation sites excluding steroid dienone is 2. The second kappa shape index (κ2) is 2.42. The van der Waals surface area contributed by atoms with Crippen LogP contribution in [0.1, 0.15) is 13.3 Å². The molecule has 2 N–H and O–H groups in total. The van der Waals surface area contributed by atoms with E-state index in [9.17, 15) is 4.79 Å². The molecule has 60 valence electrons. The van der Waals surface area contributed by atoms with E-state index in [1.165, 1.54) is 18.2 Å². The summed E-state index contributed by atoms with van der Waals surface area (Å²) in [5, 5.41) is 17.6. The van der Waals surface area contributed by atoms with Gasteiger partial charge in [0.25, 0.3) is 0 Å². The minimum Gasteiger partial charge on any atom is -0.508 e. The topological polar surface area (TPSA) is 57.5 Å². The number of aliphatic hydroxyl groups is 1. The summed E-state index contributed by atoms with van der Waals surface area (Å²) in [7, 11) is 0. The van der Waals surface area contributed by atoms with Crippen LogP contribution in [0.4, 0.5) is 0 Å². The Morgan fingerprint density at radius 2 is 2.36 bits per heavy atom. The molecule has 0 aromatic carbocycles. The predicted molar refractivity (Wildman–Crippen MR) is 40.2 cm³/mol. The van der Waals surface area contributed by atoms with Crippen LogP contribution in [-0.4, -0.2) is 16.2 Å². The molecule has 11 heavy (non-hydrogen) atoms. The van der Waals surface area contributed by atoms with E-state index in [1.807, 2.05) is 0 Å². The van der Waals surface area contributed by atoms with E-state index in [2.05, 4.69) is 0 Å². The molecule has 0 fully saturated rings. The summed E-state index contributed by atoms with van der Waals surface area (Å²) in [5.41, 5.74) is -0.841. The van der Waals surface area contributed by atoms with Gasteiger partial charge < -0.3 is 10.2 Å². The van der Waals surface area contributed by atoms with Gasteiger partial charge >= 0.3 is 5.97 Å². The molecule has 0 spiro atoms. The van der Waals surface area contributed by atoms with Crippen molar-refractivity contribution in [3.05, 3.63) is 24.0 Å². The van der Waals surface area contributed by atoms with Crippen LogP contribution in [0.25, 0.3) is 0 Å². The standard InChI is InChI=1S/C8H10O3/c1-8(7(10)11)4-2-6(9)3-5-8/h2-4,9H,5H2,1H3,(H,10,11). The Labute approximate surface area is 64.7 Å². The Hall–Kier alpha value is -1.25. The molecular weight excluding hydrogens is 144 g/mol. The van der Waals surface area contributed by atoms with Crippen molar-refractivity contribution in [3.8, 4) is 0 Å². The van der Waals surface area contributed by atoms with Crippen molar-refractivity contribution < 1.29 is 15.0 Å². The first-order chi connectivity index (χ1) is 5.04. The third-order valence-electron chi connectivity index (χ3n) is 1.85. The van der Waals surface area contributed by atoms with Gasteiger partial charge in [0, 0.05) is 0 Å². The van der Waals surface area contributed by atoms with Gasteiger partial charge in [0.1, 0.15) is 5.76 Å². The maximum Gasteiger partial charge on any atom is 0.313 e. The van der Waals surface area contributed by atoms with Crippen LogP contribution in [0.5, 0.6) is 0 Å². The van der Waals surface area contributed by atoms with Gasteiger partial charge in [-0.25, -0.2) is 0 Å². The molecule has 1 aliphatic carbocycles. The van der Waals surface area contributed by atoms with Gasteiger partial charge in [0.05, 0.1) is 5.41 Å². The van der Waals surface area contributed by atoms with Crippen LogP contribution in [0.15, 0.2) is 24.0 Å². The number of carbonyl (C=O) groups is 1. The largest absolute Gasteiger partial charge is 0.508 e. The first-order valence-corrected chi connectivity index (χ1v) is 3.36. The molecule has 3 nitrogen and oxygen atoms in total. The summed E-state index contributed by atoms with van der Waals surface area (Å²) < 4.78 is 0. The maximum absolute atomic E-state index is 10.6. The van der Waals surface area contributed by atoms with Crippen molar-refractivity contribution in [2.75, 3.05) is 0 Å². The van der Waals surface area contributed by atoms with Gasteiger partial charge in [-0.2, -0.15) is 0 Å². The van der Waals surface area contributed by atoms with Crippen LogP contribution < -0.4 is 0 Å². The highest BCUT2D eigenvalue weighted by Gasteiger charge is 2.30. The maximum atomic E-state index is 10.6. The van der Waals surface area contributed by atoms with Gasteiger partial charge in [0.2, 0.25) is 0 Å². The molecule has 3 heteroatoms. The van der Waals surface area contributed by atoms with Crippen LogP contribution in [0, 0.1) is 5.41 Å². The molecule has 1 rings (SSSR count). The van der Waals surface area contributed by atoms with Gasteiger partial charge in [-0.1, -0.05) is 6.08 Å². The summed E-state index contributed by atoms with van der Waals surface area (Å²) in [4.78, 5) is 10.6. The lowest BCUT2D eigenvalue weighted by Crippen LogP contribution is -2.25. The minimum atomic E-state index is -0.863. The molecule has 0 saturated heterocycles. The Kier molecular flexibility index (Phi) is 1.72. The van der Waals surface area contributed by atoms with E-state index >= 15 is 0 Å². The summed E-state index contributed by atoms with van der Waals surface area (Å²) >= 11 is 0. The van der Waals surface area contributed by atoms with Crippen molar-refractivity contribution in [2.24, 2.45) is 5.41 Å². The van der Waals surface area contributed by atoms with Gasteiger partial charge in [-0.05, 0) is 25.5 Å². The first-order valence-electron chi connectivity index (χ1n) is 3.36. The predicted octanol–water partition coefficient (Wildman–Crippen LogP) is 1.48. The molecule has 0 amide bonds. The molecule has 0 saturated carbocycles. The van der Waals surface area contributed by atoms with Crippen LogP contribution >= 0.6 is 0 Å². The first kappa shape index (κ1) is 7.85. The zero-order valence-corrected chi connectivity index (χ0v) is 6.24. The number of rotatable bonds is 1. The molecule has 0 aromatic heterocycles. The average Bonchev–Trinajstić information content (AvgIpc) is 1.95. The van der Waals surface area contributed by atoms with Crippen molar-refractivity contribution in [2.45, 2.75) is 13.3 Å². The Morgan fingerprint density at radius 1 is 1.73 bits per heavy atom. The van der Waals surface area contributed by atoms with Crippen molar-refractivity contribution >= 4 is 5.97 Å². The quantitative estimate of drug-likeness (QED) is 0.601. The molecule has 1 unspecified atom stereocenters. The number of hydrogen-bond acceptors (Lipinski definition) is 2. The molecule has 0 aromatic rings. The van der Waals surface area contributed by atoms with Gasteiger partial charge in [0.15, 0.2) is 0 Å². The highest BCUT2D eigenvalue weighted by molar-refractivity contribution is 5.77. The van der Waals surface area contributed by atoms with Crippen molar-refractivity contribution in [1.29, 1.82) is 0 Å². The van der Waals surface area contributed by atoms with Crippen LogP contribution in [0.3, 0.4) is 0 Å². The van der Waals surface area contributed by atoms with E-state index in [1.54, 1.807) is 6.92 Å². The second-order valence-electron chi connectivity index (χ2n) is 2.89. The Bertz CT molecular complexity index is 240. The third kappa shape index (κ3) is 1.42. The van der Waals surface area contributed by atoms with E-state index < -0.39 is 11.4 Å². The lowest BCUT2D eigenvalue weighted by molar-refractivity contribution is -0.145. The summed E-state index contributed by atoms with van der Waals surface area (Å²) in [6, 6.07) is 0. The SMILES string of the molecule is CC1(C(=O)O)C=CC(O)=CC1. The molecule has 1 aliphatic rings. The smallest absolute Gasteiger partial charge is 0.313 e. The fraction of sp³-hybridized carbons (Fsp3) is 0.375. The third-order valence-corrected chi connectivity index (χ3v) is 1.85. The van der Waals surface area contributed by atoms with E-state index in [0.29, 0.717) is 6.42 Å². The average molecular weight is 154 g/mol. The molecular formula is C8H10O3. The van der Waals surface area contributed by atoms with Crippen molar-refractivity contribution in [3.63, 3.8) is 0 Å². The lowest BCUT2D eigenvalue weighted by atomic mass is 9.84. The monoisotopic (exact) mass is 154 g/mol. The fourth-order valence-electron chi connectivity index (χ4n) is 0.881. The highest BCUT2D eigenvalue weighted by Crippen LogP contribution is 2.28.